The third kappa shape index (κ3) is 3.93. The highest BCUT2D eigenvalue weighted by Crippen LogP contribution is 2.25. The number of thiocarbonyl (C=S) groups is 1. The highest BCUT2D eigenvalue weighted by atomic mass is 35.5. The maximum absolute atomic E-state index is 5.92. The fourth-order valence-corrected chi connectivity index (χ4v) is 2.02. The van der Waals surface area contributed by atoms with Crippen molar-refractivity contribution in [1.29, 1.82) is 0 Å². The van der Waals surface area contributed by atoms with E-state index in [1.807, 2.05) is 30.3 Å². The van der Waals surface area contributed by atoms with E-state index in [-0.39, 0.29) is 5.11 Å². The van der Waals surface area contributed by atoms with Crippen molar-refractivity contribution in [2.24, 2.45) is 10.7 Å². The Morgan fingerprint density at radius 2 is 1.75 bits per heavy atom. The molecule has 2 aromatic rings. The Morgan fingerprint density at radius 1 is 1.05 bits per heavy atom. The van der Waals surface area contributed by atoms with E-state index in [1.165, 1.54) is 0 Å². The molecule has 102 valence electrons. The van der Waals surface area contributed by atoms with E-state index in [0.717, 1.165) is 5.56 Å². The molecular formula is C14H11Cl2N3S. The average molecular weight is 324 g/mol. The molecule has 2 aromatic carbocycles. The molecule has 0 amide bonds. The lowest BCUT2D eigenvalue weighted by Crippen LogP contribution is -2.18. The van der Waals surface area contributed by atoms with Crippen molar-refractivity contribution in [3.8, 4) is 0 Å². The number of nitrogens with one attached hydrogen (secondary N) is 1. The van der Waals surface area contributed by atoms with Gasteiger partial charge in [0.1, 0.15) is 5.84 Å². The fraction of sp³-hybridized carbons (Fsp3) is 0. The number of aliphatic imine (C=N–C) groups is 1. The maximum Gasteiger partial charge on any atom is 0.199 e. The quantitative estimate of drug-likeness (QED) is 0.497. The summed E-state index contributed by atoms with van der Waals surface area (Å²) < 4.78 is 0. The van der Waals surface area contributed by atoms with Crippen LogP contribution in [0.3, 0.4) is 0 Å². The summed E-state index contributed by atoms with van der Waals surface area (Å²) in [4.78, 5) is 4.13. The molecule has 0 saturated carbocycles. The van der Waals surface area contributed by atoms with E-state index in [1.54, 1.807) is 18.2 Å². The van der Waals surface area contributed by atoms with Crippen molar-refractivity contribution < 1.29 is 0 Å². The zero-order valence-electron chi connectivity index (χ0n) is 10.3. The molecule has 0 fully saturated rings. The van der Waals surface area contributed by atoms with Crippen molar-refractivity contribution in [3.63, 3.8) is 0 Å². The molecule has 0 radical (unpaired) electrons. The van der Waals surface area contributed by atoms with Crippen molar-refractivity contribution in [3.05, 3.63) is 64.1 Å². The van der Waals surface area contributed by atoms with Gasteiger partial charge < -0.3 is 11.1 Å². The molecular weight excluding hydrogens is 313 g/mol. The molecule has 2 rings (SSSR count). The Bertz CT molecular complexity index is 657. The molecule has 20 heavy (non-hydrogen) atoms. The van der Waals surface area contributed by atoms with Crippen LogP contribution in [-0.2, 0) is 0 Å². The second kappa shape index (κ2) is 6.70. The lowest BCUT2D eigenvalue weighted by Gasteiger charge is -2.06. The smallest absolute Gasteiger partial charge is 0.199 e. The third-order valence-electron chi connectivity index (χ3n) is 2.46. The minimum absolute atomic E-state index is 0.254. The number of amidine groups is 1. The SMILES string of the molecule is N/C(=N\C(=S)Nc1ccc(Cl)c(Cl)c1)c1ccccc1. The molecule has 3 nitrogen and oxygen atoms in total. The average Bonchev–Trinajstić information content (AvgIpc) is 2.44. The van der Waals surface area contributed by atoms with E-state index in [0.29, 0.717) is 21.6 Å². The number of halogens is 2. The summed E-state index contributed by atoms with van der Waals surface area (Å²) in [7, 11) is 0. The van der Waals surface area contributed by atoms with Gasteiger partial charge in [0.2, 0.25) is 0 Å². The molecule has 0 bridgehead atoms. The summed E-state index contributed by atoms with van der Waals surface area (Å²) in [5.41, 5.74) is 7.39. The summed E-state index contributed by atoms with van der Waals surface area (Å²) in [5, 5.41) is 4.11. The van der Waals surface area contributed by atoms with Gasteiger partial charge >= 0.3 is 0 Å². The summed E-state index contributed by atoms with van der Waals surface area (Å²) in [6.07, 6.45) is 0. The molecule has 0 aliphatic rings. The van der Waals surface area contributed by atoms with Crippen LogP contribution in [0.2, 0.25) is 10.0 Å². The highest BCUT2D eigenvalue weighted by Gasteiger charge is 2.03. The highest BCUT2D eigenvalue weighted by molar-refractivity contribution is 7.80. The van der Waals surface area contributed by atoms with E-state index in [9.17, 15) is 0 Å². The van der Waals surface area contributed by atoms with Crippen molar-refractivity contribution in [2.45, 2.75) is 0 Å². The number of rotatable bonds is 2. The van der Waals surface area contributed by atoms with Crippen LogP contribution >= 0.6 is 35.4 Å². The number of benzene rings is 2. The second-order valence-corrected chi connectivity index (χ2v) is 5.12. The van der Waals surface area contributed by atoms with Crippen LogP contribution < -0.4 is 11.1 Å². The minimum atomic E-state index is 0.254. The molecule has 3 N–H and O–H groups in total. The van der Waals surface area contributed by atoms with Crippen LogP contribution in [0, 0.1) is 0 Å². The Kier molecular flexibility index (Phi) is 4.95. The molecule has 0 spiro atoms. The molecule has 0 atom stereocenters. The first-order chi connectivity index (χ1) is 9.56. The first-order valence-electron chi connectivity index (χ1n) is 5.72. The summed E-state index contributed by atoms with van der Waals surface area (Å²) in [6.45, 7) is 0. The number of hydrogen-bond acceptors (Lipinski definition) is 1. The van der Waals surface area contributed by atoms with Gasteiger partial charge in [0.15, 0.2) is 5.11 Å². The first-order valence-corrected chi connectivity index (χ1v) is 6.88. The van der Waals surface area contributed by atoms with Gasteiger partial charge in [0, 0.05) is 11.3 Å². The van der Waals surface area contributed by atoms with E-state index in [4.69, 9.17) is 41.2 Å². The van der Waals surface area contributed by atoms with Gasteiger partial charge in [-0.25, -0.2) is 4.99 Å². The molecule has 0 saturated heterocycles. The zero-order chi connectivity index (χ0) is 14.5. The normalized spacial score (nSPS) is 11.2. The maximum atomic E-state index is 5.92. The Morgan fingerprint density at radius 3 is 2.40 bits per heavy atom. The van der Waals surface area contributed by atoms with Gasteiger partial charge in [0.25, 0.3) is 0 Å². The monoisotopic (exact) mass is 323 g/mol. The van der Waals surface area contributed by atoms with Crippen LogP contribution in [0.25, 0.3) is 0 Å². The van der Waals surface area contributed by atoms with Crippen LogP contribution in [0.5, 0.6) is 0 Å². The number of hydrogen-bond donors (Lipinski definition) is 2. The van der Waals surface area contributed by atoms with E-state index in [2.05, 4.69) is 10.3 Å². The van der Waals surface area contributed by atoms with Gasteiger partial charge in [-0.2, -0.15) is 0 Å². The zero-order valence-corrected chi connectivity index (χ0v) is 12.6. The largest absolute Gasteiger partial charge is 0.383 e. The topological polar surface area (TPSA) is 50.4 Å². The summed E-state index contributed by atoms with van der Waals surface area (Å²) in [5.74, 6) is 0.350. The van der Waals surface area contributed by atoms with Crippen molar-refractivity contribution >= 4 is 52.1 Å². The fourth-order valence-electron chi connectivity index (χ4n) is 1.51. The standard InChI is InChI=1S/C14H11Cl2N3S/c15-11-7-6-10(8-12(11)16)18-14(20)19-13(17)9-4-2-1-3-5-9/h1-8H,(H3,17,18,19,20). The third-order valence-corrected chi connectivity index (χ3v) is 3.39. The van der Waals surface area contributed by atoms with Gasteiger partial charge in [0.05, 0.1) is 10.0 Å². The summed E-state index contributed by atoms with van der Waals surface area (Å²) in [6, 6.07) is 14.5. The van der Waals surface area contributed by atoms with Crippen LogP contribution in [-0.4, -0.2) is 10.9 Å². The molecule has 0 aliphatic carbocycles. The predicted molar refractivity (Wildman–Crippen MR) is 89.8 cm³/mol. The lowest BCUT2D eigenvalue weighted by molar-refractivity contribution is 1.51. The number of nitrogens with zero attached hydrogens (tertiary/aromatic N) is 1. The lowest BCUT2D eigenvalue weighted by atomic mass is 10.2. The Hall–Kier alpha value is -1.62. The Balaban J connectivity index is 2.10. The molecule has 0 heterocycles. The minimum Gasteiger partial charge on any atom is -0.383 e. The van der Waals surface area contributed by atoms with Crippen molar-refractivity contribution in [1.82, 2.24) is 0 Å². The molecule has 0 aromatic heterocycles. The van der Waals surface area contributed by atoms with Crippen LogP contribution in [0.4, 0.5) is 5.69 Å². The van der Waals surface area contributed by atoms with Gasteiger partial charge in [-0.3, -0.25) is 0 Å². The van der Waals surface area contributed by atoms with Crippen molar-refractivity contribution in [2.75, 3.05) is 5.32 Å². The molecule has 0 aliphatic heterocycles. The molecule has 0 unspecified atom stereocenters. The Labute approximate surface area is 132 Å². The number of nitrogens with two attached hydrogens (primary N) is 1. The van der Waals surface area contributed by atoms with E-state index >= 15 is 0 Å². The second-order valence-electron chi connectivity index (χ2n) is 3.92. The number of anilines is 1. The van der Waals surface area contributed by atoms with Gasteiger partial charge in [-0.05, 0) is 30.4 Å². The van der Waals surface area contributed by atoms with E-state index < -0.39 is 0 Å². The van der Waals surface area contributed by atoms with Crippen LogP contribution in [0.15, 0.2) is 53.5 Å². The van der Waals surface area contributed by atoms with Gasteiger partial charge in [-0.1, -0.05) is 53.5 Å². The summed E-state index contributed by atoms with van der Waals surface area (Å²) >= 11 is 16.9. The predicted octanol–water partition coefficient (Wildman–Crippen LogP) is 4.10. The molecule has 6 heteroatoms. The first kappa shape index (κ1) is 14.8. The van der Waals surface area contributed by atoms with Gasteiger partial charge in [-0.15, -0.1) is 0 Å². The van der Waals surface area contributed by atoms with Crippen LogP contribution in [0.1, 0.15) is 5.56 Å².